The molecule has 1 N–H and O–H groups in total. The molecule has 3 aromatic carbocycles. The number of benzene rings is 3. The van der Waals surface area contributed by atoms with Crippen molar-refractivity contribution in [3.63, 3.8) is 0 Å². The fourth-order valence-electron chi connectivity index (χ4n) is 4.89. The van der Waals surface area contributed by atoms with E-state index in [0.717, 1.165) is 28.2 Å². The molecule has 0 fully saturated rings. The number of hydrogen-bond acceptors (Lipinski definition) is 9. The van der Waals surface area contributed by atoms with E-state index >= 15 is 0 Å². The molecule has 0 saturated carbocycles. The van der Waals surface area contributed by atoms with E-state index in [1.807, 2.05) is 110 Å². The first-order valence-electron chi connectivity index (χ1n) is 13.7. The summed E-state index contributed by atoms with van der Waals surface area (Å²) in [6.07, 6.45) is 0. The molecule has 4 aromatic rings. The van der Waals surface area contributed by atoms with E-state index in [1.54, 1.807) is 14.2 Å². The maximum atomic E-state index is 9.56. The number of nitriles is 2. The van der Waals surface area contributed by atoms with Gasteiger partial charge in [0.25, 0.3) is 0 Å². The maximum Gasteiger partial charge on any atom is 0.179 e. The molecule has 214 valence electrons. The number of ether oxygens (including phenoxy) is 3. The van der Waals surface area contributed by atoms with Crippen LogP contribution in [0.25, 0.3) is 0 Å². The van der Waals surface area contributed by atoms with Crippen LogP contribution in [0.1, 0.15) is 41.9 Å². The lowest BCUT2D eigenvalue weighted by atomic mass is 9.80. The quantitative estimate of drug-likeness (QED) is 0.166. The molecule has 0 radical (unpaired) electrons. The summed E-state index contributed by atoms with van der Waals surface area (Å²) in [5.41, 5.74) is 1.82. The van der Waals surface area contributed by atoms with Crippen molar-refractivity contribution in [2.75, 3.05) is 50.7 Å². The second kappa shape index (κ2) is 14.0. The van der Waals surface area contributed by atoms with Crippen molar-refractivity contribution in [3.05, 3.63) is 107 Å². The van der Waals surface area contributed by atoms with E-state index in [4.69, 9.17) is 14.2 Å². The van der Waals surface area contributed by atoms with Crippen LogP contribution >= 0.6 is 0 Å². The van der Waals surface area contributed by atoms with Gasteiger partial charge in [-0.1, -0.05) is 54.6 Å². The Morgan fingerprint density at radius 2 is 1.24 bits per heavy atom. The molecule has 0 bridgehead atoms. The third-order valence-corrected chi connectivity index (χ3v) is 7.04. The zero-order valence-corrected chi connectivity index (χ0v) is 24.3. The van der Waals surface area contributed by atoms with Crippen molar-refractivity contribution in [2.24, 2.45) is 0 Å². The van der Waals surface area contributed by atoms with Gasteiger partial charge in [0.15, 0.2) is 23.0 Å². The minimum absolute atomic E-state index is 0.00306. The molecule has 0 atom stereocenters. The Kier molecular flexibility index (Phi) is 9.94. The van der Waals surface area contributed by atoms with E-state index in [2.05, 4.69) is 15.3 Å². The van der Waals surface area contributed by atoms with Crippen LogP contribution in [0.3, 0.4) is 0 Å². The molecule has 0 aliphatic carbocycles. The summed E-state index contributed by atoms with van der Waals surface area (Å²) in [5.74, 6) is 2.44. The van der Waals surface area contributed by atoms with Gasteiger partial charge in [-0.15, -0.1) is 0 Å². The molecular weight excluding hydrogens is 528 g/mol. The van der Waals surface area contributed by atoms with Gasteiger partial charge in [-0.05, 0) is 54.8 Å². The van der Waals surface area contributed by atoms with Gasteiger partial charge in [-0.3, -0.25) is 0 Å². The van der Waals surface area contributed by atoms with Gasteiger partial charge < -0.3 is 24.4 Å². The topological polar surface area (TPSA) is 116 Å². The lowest BCUT2D eigenvalue weighted by Crippen LogP contribution is -2.34. The van der Waals surface area contributed by atoms with Crippen molar-refractivity contribution in [2.45, 2.75) is 19.4 Å². The average molecular weight is 563 g/mol. The molecule has 1 aromatic heterocycles. The van der Waals surface area contributed by atoms with E-state index in [1.165, 1.54) is 0 Å². The third-order valence-electron chi connectivity index (χ3n) is 7.04. The summed E-state index contributed by atoms with van der Waals surface area (Å²) in [6, 6.07) is 29.7. The maximum absolute atomic E-state index is 9.56. The molecule has 0 aliphatic rings. The predicted molar refractivity (Wildman–Crippen MR) is 162 cm³/mol. The fourth-order valence-corrected chi connectivity index (χ4v) is 4.89. The molecule has 0 unspecified atom stereocenters. The Morgan fingerprint density at radius 1 is 0.738 bits per heavy atom. The van der Waals surface area contributed by atoms with E-state index in [0.29, 0.717) is 31.3 Å². The molecule has 9 nitrogen and oxygen atoms in total. The van der Waals surface area contributed by atoms with Crippen molar-refractivity contribution in [1.29, 1.82) is 10.5 Å². The first-order chi connectivity index (χ1) is 20.5. The second-order valence-corrected chi connectivity index (χ2v) is 9.27. The van der Waals surface area contributed by atoms with Gasteiger partial charge in [0.1, 0.15) is 29.2 Å². The number of methoxy groups -OCH3 is 2. The largest absolute Gasteiger partial charge is 0.497 e. The fraction of sp³-hybridized carbons (Fsp3) is 0.273. The summed E-state index contributed by atoms with van der Waals surface area (Å²) >= 11 is 0. The molecule has 0 amide bonds. The zero-order valence-electron chi connectivity index (χ0n) is 24.3. The Bertz CT molecular complexity index is 1490. The van der Waals surface area contributed by atoms with Crippen molar-refractivity contribution in [3.8, 4) is 23.6 Å². The van der Waals surface area contributed by atoms with Crippen molar-refractivity contribution in [1.82, 2.24) is 9.97 Å². The van der Waals surface area contributed by atoms with Crippen molar-refractivity contribution >= 4 is 11.6 Å². The van der Waals surface area contributed by atoms with Crippen LogP contribution < -0.4 is 19.7 Å². The summed E-state index contributed by atoms with van der Waals surface area (Å²) in [7, 11) is 3.28. The molecule has 1 heterocycles. The smallest absolute Gasteiger partial charge is 0.179 e. The lowest BCUT2D eigenvalue weighted by Gasteiger charge is -2.36. The predicted octanol–water partition coefficient (Wildman–Crippen LogP) is 5.50. The number of aromatic nitrogens is 2. The van der Waals surface area contributed by atoms with E-state index < -0.39 is 5.60 Å². The Morgan fingerprint density at radius 3 is 1.71 bits per heavy atom. The highest BCUT2D eigenvalue weighted by Gasteiger charge is 2.37. The zero-order chi connectivity index (χ0) is 30.0. The number of nitrogens with zero attached hydrogens (tertiary/aromatic N) is 5. The van der Waals surface area contributed by atoms with E-state index in [-0.39, 0.29) is 18.0 Å². The SMILES string of the molecule is CCN(CC)c1nc(C#N)c(C#N)nc1NCCOC(c1ccccc1)(c1ccc(OC)cc1)c1ccc(OC)cc1. The molecule has 42 heavy (non-hydrogen) atoms. The van der Waals surface area contributed by atoms with Crippen LogP contribution in [-0.4, -0.2) is 50.4 Å². The Labute approximate surface area is 246 Å². The van der Waals surface area contributed by atoms with Gasteiger partial charge in [0.2, 0.25) is 0 Å². The summed E-state index contributed by atoms with van der Waals surface area (Å²) in [5, 5.41) is 22.4. The molecule has 0 spiro atoms. The summed E-state index contributed by atoms with van der Waals surface area (Å²) in [6.45, 7) is 5.97. The monoisotopic (exact) mass is 562 g/mol. The van der Waals surface area contributed by atoms with Crippen LogP contribution in [0.5, 0.6) is 11.5 Å². The first kappa shape index (κ1) is 29.9. The lowest BCUT2D eigenvalue weighted by molar-refractivity contribution is 0.0193. The molecule has 4 rings (SSSR count). The Hall–Kier alpha value is -5.12. The number of nitrogens with one attached hydrogen (secondary N) is 1. The first-order valence-corrected chi connectivity index (χ1v) is 13.7. The van der Waals surface area contributed by atoms with Gasteiger partial charge in [-0.25, -0.2) is 9.97 Å². The normalized spacial score (nSPS) is 10.8. The van der Waals surface area contributed by atoms with E-state index in [9.17, 15) is 10.5 Å². The number of rotatable bonds is 13. The molecular formula is C33H34N6O3. The highest BCUT2D eigenvalue weighted by molar-refractivity contribution is 5.64. The van der Waals surface area contributed by atoms with Crippen LogP contribution in [0.15, 0.2) is 78.9 Å². The minimum atomic E-state index is -0.961. The molecule has 0 aliphatic heterocycles. The van der Waals surface area contributed by atoms with Gasteiger partial charge >= 0.3 is 0 Å². The van der Waals surface area contributed by atoms with Crippen LogP contribution in [-0.2, 0) is 10.3 Å². The van der Waals surface area contributed by atoms with Gasteiger partial charge in [-0.2, -0.15) is 10.5 Å². The molecule has 9 heteroatoms. The highest BCUT2D eigenvalue weighted by Crippen LogP contribution is 2.41. The standard InChI is InChI=1S/C33H34N6O3/c1-5-39(6-2)32-31(37-29(22-34)30(23-35)38-32)36-20-21-42-33(24-10-8-7-9-11-24,25-12-16-27(40-3)17-13-25)26-14-18-28(41-4)19-15-26/h7-19H,5-6,20-21H2,1-4H3,(H,36,37). The average Bonchev–Trinajstić information content (AvgIpc) is 3.06. The van der Waals surface area contributed by atoms with Gasteiger partial charge in [0.05, 0.1) is 20.8 Å². The third kappa shape index (κ3) is 6.12. The minimum Gasteiger partial charge on any atom is -0.497 e. The van der Waals surface area contributed by atoms with Crippen LogP contribution in [0, 0.1) is 22.7 Å². The summed E-state index contributed by atoms with van der Waals surface area (Å²) < 4.78 is 17.7. The summed E-state index contributed by atoms with van der Waals surface area (Å²) in [4.78, 5) is 10.9. The second-order valence-electron chi connectivity index (χ2n) is 9.27. The van der Waals surface area contributed by atoms with Crippen molar-refractivity contribution < 1.29 is 14.2 Å². The molecule has 0 saturated heterocycles. The number of hydrogen-bond donors (Lipinski definition) is 1. The van der Waals surface area contributed by atoms with Crippen LogP contribution in [0.2, 0.25) is 0 Å². The Balaban J connectivity index is 1.73. The van der Waals surface area contributed by atoms with Crippen LogP contribution in [0.4, 0.5) is 11.6 Å². The highest BCUT2D eigenvalue weighted by atomic mass is 16.5. The van der Waals surface area contributed by atoms with Gasteiger partial charge in [0, 0.05) is 19.6 Å². The number of anilines is 2.